The number of sulfonamides is 1. The minimum Gasteiger partial charge on any atom is -0.489 e. The van der Waals surface area contributed by atoms with Gasteiger partial charge in [-0.25, -0.2) is 12.7 Å². The Kier molecular flexibility index (Phi) is 5.79. The molecule has 0 saturated carbocycles. The van der Waals surface area contributed by atoms with Gasteiger partial charge < -0.3 is 9.64 Å². The highest BCUT2D eigenvalue weighted by molar-refractivity contribution is 7.89. The number of hydrogen-bond donors (Lipinski definition) is 0. The summed E-state index contributed by atoms with van der Waals surface area (Å²) in [5.74, 6) is 0.967. The van der Waals surface area contributed by atoms with Crippen molar-refractivity contribution in [2.75, 3.05) is 30.8 Å². The van der Waals surface area contributed by atoms with Crippen molar-refractivity contribution in [1.82, 2.24) is 9.29 Å². The first-order valence-electron chi connectivity index (χ1n) is 10.4. The van der Waals surface area contributed by atoms with E-state index in [1.807, 2.05) is 31.4 Å². The van der Waals surface area contributed by atoms with Gasteiger partial charge >= 0.3 is 0 Å². The van der Waals surface area contributed by atoms with Gasteiger partial charge in [0.1, 0.15) is 11.9 Å². The molecule has 7 nitrogen and oxygen atoms in total. The number of nitrogens with zero attached hydrogens (tertiary/aromatic N) is 3. The summed E-state index contributed by atoms with van der Waals surface area (Å²) in [6.07, 6.45) is 6.10. The highest BCUT2D eigenvalue weighted by Crippen LogP contribution is 2.32. The van der Waals surface area contributed by atoms with Crippen LogP contribution in [0.2, 0.25) is 0 Å². The topological polar surface area (TPSA) is 79.8 Å². The van der Waals surface area contributed by atoms with Gasteiger partial charge in [0.15, 0.2) is 0 Å². The Labute approximate surface area is 177 Å². The molecule has 8 heteroatoms. The van der Waals surface area contributed by atoms with Crippen LogP contribution < -0.4 is 9.64 Å². The Morgan fingerprint density at radius 1 is 1.10 bits per heavy atom. The Morgan fingerprint density at radius 3 is 2.60 bits per heavy atom. The molecule has 0 radical (unpaired) electrons. The van der Waals surface area contributed by atoms with Crippen molar-refractivity contribution in [1.29, 1.82) is 0 Å². The minimum atomic E-state index is -3.13. The highest BCUT2D eigenvalue weighted by atomic mass is 32.2. The summed E-state index contributed by atoms with van der Waals surface area (Å²) in [6, 6.07) is 8.08. The van der Waals surface area contributed by atoms with E-state index in [0.29, 0.717) is 38.1 Å². The number of carbonyl (C=O) groups is 1. The zero-order chi connectivity index (χ0) is 21.3. The number of carbonyl (C=O) groups excluding carboxylic acids is 1. The van der Waals surface area contributed by atoms with Crippen LogP contribution >= 0.6 is 0 Å². The van der Waals surface area contributed by atoms with Crippen LogP contribution in [0.3, 0.4) is 0 Å². The maximum atomic E-state index is 12.0. The number of aryl methyl sites for hydroxylation is 1. The minimum absolute atomic E-state index is 0.0199. The summed E-state index contributed by atoms with van der Waals surface area (Å²) >= 11 is 0. The molecule has 3 heterocycles. The first-order chi connectivity index (χ1) is 14.4. The molecule has 1 saturated heterocycles. The van der Waals surface area contributed by atoms with Crippen LogP contribution in [0.4, 0.5) is 5.69 Å². The number of pyridine rings is 1. The molecule has 0 atom stereocenters. The van der Waals surface area contributed by atoms with Gasteiger partial charge in [-0.3, -0.25) is 9.78 Å². The average Bonchev–Trinajstić information content (AvgIpc) is 2.77. The monoisotopic (exact) mass is 429 g/mol. The van der Waals surface area contributed by atoms with E-state index >= 15 is 0 Å². The van der Waals surface area contributed by atoms with Crippen molar-refractivity contribution < 1.29 is 17.9 Å². The SMILES string of the molecule is CCS(=O)(=O)N1CCC(Oc2cncc(-c3ccc4c(c3)CCC(=O)N4C)c2)CC1. The Bertz CT molecular complexity index is 1050. The second kappa shape index (κ2) is 8.35. The quantitative estimate of drug-likeness (QED) is 0.730. The molecule has 1 aromatic carbocycles. The number of aromatic nitrogens is 1. The lowest BCUT2D eigenvalue weighted by Gasteiger charge is -2.31. The summed E-state index contributed by atoms with van der Waals surface area (Å²) in [5.41, 5.74) is 4.12. The van der Waals surface area contributed by atoms with Gasteiger partial charge in [-0.05, 0) is 55.5 Å². The van der Waals surface area contributed by atoms with E-state index in [1.165, 1.54) is 0 Å². The zero-order valence-electron chi connectivity index (χ0n) is 17.4. The van der Waals surface area contributed by atoms with Crippen LogP contribution in [-0.2, 0) is 21.2 Å². The van der Waals surface area contributed by atoms with Gasteiger partial charge in [0.25, 0.3) is 0 Å². The second-order valence-electron chi connectivity index (χ2n) is 7.82. The fraction of sp³-hybridized carbons (Fsp3) is 0.455. The van der Waals surface area contributed by atoms with Crippen molar-refractivity contribution in [2.24, 2.45) is 0 Å². The number of hydrogen-bond acceptors (Lipinski definition) is 5. The van der Waals surface area contributed by atoms with E-state index in [1.54, 1.807) is 22.3 Å². The molecule has 1 amide bonds. The van der Waals surface area contributed by atoms with Crippen molar-refractivity contribution in [3.63, 3.8) is 0 Å². The molecule has 0 bridgehead atoms. The fourth-order valence-electron chi connectivity index (χ4n) is 4.08. The van der Waals surface area contributed by atoms with Crippen molar-refractivity contribution in [3.8, 4) is 16.9 Å². The lowest BCUT2D eigenvalue weighted by Crippen LogP contribution is -2.42. The molecule has 0 aliphatic carbocycles. The number of fused-ring (bicyclic) bond motifs is 1. The van der Waals surface area contributed by atoms with Crippen LogP contribution in [0.15, 0.2) is 36.7 Å². The van der Waals surface area contributed by atoms with Crippen LogP contribution in [0.25, 0.3) is 11.1 Å². The summed E-state index contributed by atoms with van der Waals surface area (Å²) < 4.78 is 31.7. The average molecular weight is 430 g/mol. The number of rotatable bonds is 5. The maximum absolute atomic E-state index is 12.0. The molecule has 0 unspecified atom stereocenters. The highest BCUT2D eigenvalue weighted by Gasteiger charge is 2.27. The number of benzene rings is 1. The van der Waals surface area contributed by atoms with Gasteiger partial charge in [-0.2, -0.15) is 0 Å². The molecular formula is C22H27N3O4S. The zero-order valence-corrected chi connectivity index (χ0v) is 18.2. The number of piperidine rings is 1. The van der Waals surface area contributed by atoms with Crippen molar-refractivity contribution in [2.45, 2.75) is 38.7 Å². The smallest absolute Gasteiger partial charge is 0.227 e. The summed E-state index contributed by atoms with van der Waals surface area (Å²) in [4.78, 5) is 18.0. The Balaban J connectivity index is 1.46. The molecule has 2 aromatic rings. The molecule has 30 heavy (non-hydrogen) atoms. The van der Waals surface area contributed by atoms with E-state index in [-0.39, 0.29) is 17.8 Å². The van der Waals surface area contributed by atoms with Crippen molar-refractivity contribution in [3.05, 3.63) is 42.2 Å². The number of ether oxygens (including phenoxy) is 1. The van der Waals surface area contributed by atoms with E-state index in [9.17, 15) is 13.2 Å². The fourth-order valence-corrected chi connectivity index (χ4v) is 5.21. The first-order valence-corrected chi connectivity index (χ1v) is 12.0. The Morgan fingerprint density at radius 2 is 1.87 bits per heavy atom. The van der Waals surface area contributed by atoms with Gasteiger partial charge in [-0.15, -0.1) is 0 Å². The molecule has 0 spiro atoms. The molecule has 1 fully saturated rings. The molecule has 1 aromatic heterocycles. The van der Waals surface area contributed by atoms with Gasteiger partial charge in [-0.1, -0.05) is 6.07 Å². The third-order valence-corrected chi connectivity index (χ3v) is 7.81. The van der Waals surface area contributed by atoms with E-state index in [4.69, 9.17) is 4.74 Å². The Hall–Kier alpha value is -2.45. The van der Waals surface area contributed by atoms with Crippen LogP contribution in [0.5, 0.6) is 5.75 Å². The maximum Gasteiger partial charge on any atom is 0.227 e. The molecule has 160 valence electrons. The third kappa shape index (κ3) is 4.20. The van der Waals surface area contributed by atoms with Crippen LogP contribution in [0, 0.1) is 0 Å². The van der Waals surface area contributed by atoms with Crippen LogP contribution in [-0.4, -0.2) is 55.6 Å². The van der Waals surface area contributed by atoms with E-state index < -0.39 is 10.0 Å². The second-order valence-corrected chi connectivity index (χ2v) is 10.1. The normalized spacial score (nSPS) is 18.3. The first kappa shape index (κ1) is 20.8. The summed E-state index contributed by atoms with van der Waals surface area (Å²) in [7, 11) is -1.32. The van der Waals surface area contributed by atoms with Crippen LogP contribution in [0.1, 0.15) is 31.7 Å². The lowest BCUT2D eigenvalue weighted by atomic mass is 9.97. The number of amides is 1. The third-order valence-electron chi connectivity index (χ3n) is 5.93. The largest absolute Gasteiger partial charge is 0.489 e. The van der Waals surface area contributed by atoms with Gasteiger partial charge in [0.2, 0.25) is 15.9 Å². The van der Waals surface area contributed by atoms with Gasteiger partial charge in [0, 0.05) is 44.0 Å². The summed E-state index contributed by atoms with van der Waals surface area (Å²) in [5, 5.41) is 0. The number of anilines is 1. The lowest BCUT2D eigenvalue weighted by molar-refractivity contribution is -0.118. The molecule has 0 N–H and O–H groups in total. The molecule has 2 aliphatic heterocycles. The summed E-state index contributed by atoms with van der Waals surface area (Å²) in [6.45, 7) is 2.65. The molecule has 4 rings (SSSR count). The predicted molar refractivity (Wildman–Crippen MR) is 116 cm³/mol. The van der Waals surface area contributed by atoms with Gasteiger partial charge in [0.05, 0.1) is 11.9 Å². The predicted octanol–water partition coefficient (Wildman–Crippen LogP) is 2.85. The molecule has 2 aliphatic rings. The van der Waals surface area contributed by atoms with E-state index in [2.05, 4.69) is 11.1 Å². The standard InChI is InChI=1S/C22H27N3O4S/c1-3-30(27,28)25-10-8-19(9-11-25)29-20-13-18(14-23-15-20)16-4-6-21-17(12-16)5-7-22(26)24(21)2/h4,6,12-15,19H,3,5,7-11H2,1-2H3. The van der Waals surface area contributed by atoms with Crippen molar-refractivity contribution >= 4 is 21.6 Å². The molecular weight excluding hydrogens is 402 g/mol. The van der Waals surface area contributed by atoms with E-state index in [0.717, 1.165) is 28.8 Å².